The molecular formula is C18H14F17N2O3+. The highest BCUT2D eigenvalue weighted by molar-refractivity contribution is 5.75. The van der Waals surface area contributed by atoms with Crippen molar-refractivity contribution in [1.82, 2.24) is 5.32 Å². The molecule has 22 heteroatoms. The van der Waals surface area contributed by atoms with Crippen molar-refractivity contribution >= 4 is 5.91 Å². The lowest BCUT2D eigenvalue weighted by Gasteiger charge is -2.42. The summed E-state index contributed by atoms with van der Waals surface area (Å²) < 4.78 is 226. The molecule has 0 aromatic carbocycles. The van der Waals surface area contributed by atoms with Crippen molar-refractivity contribution in [2.24, 2.45) is 0 Å². The lowest BCUT2D eigenvalue weighted by molar-refractivity contribution is -0.695. The van der Waals surface area contributed by atoms with Crippen molar-refractivity contribution in [3.8, 4) is 11.5 Å². The second kappa shape index (κ2) is 10.5. The average molecular weight is 629 g/mol. The summed E-state index contributed by atoms with van der Waals surface area (Å²) in [5, 5.41) is 20.1. The van der Waals surface area contributed by atoms with Gasteiger partial charge in [-0.15, -0.1) is 0 Å². The summed E-state index contributed by atoms with van der Waals surface area (Å²) in [6.07, 6.45) is -10.7. The van der Waals surface area contributed by atoms with Gasteiger partial charge in [0.15, 0.2) is 18.5 Å². The van der Waals surface area contributed by atoms with Crippen LogP contribution >= 0.6 is 0 Å². The normalized spacial score (nSPS) is 14.8. The number of nitrogens with one attached hydrogen (secondary N) is 1. The van der Waals surface area contributed by atoms with Crippen molar-refractivity contribution in [1.29, 1.82) is 0 Å². The number of hydrogen-bond donors (Lipinski definition) is 3. The Bertz CT molecular complexity index is 1070. The zero-order valence-corrected chi connectivity index (χ0v) is 18.7. The maximum absolute atomic E-state index is 13.8. The minimum absolute atomic E-state index is 0.331. The number of nitrogens with zero attached hydrogens (tertiary/aromatic N) is 1. The molecule has 0 fully saturated rings. The summed E-state index contributed by atoms with van der Waals surface area (Å²) in [7, 11) is 0. The molecule has 1 aromatic rings. The number of pyridine rings is 1. The third-order valence-electron chi connectivity index (χ3n) is 5.12. The van der Waals surface area contributed by atoms with Gasteiger partial charge in [-0.2, -0.15) is 79.2 Å². The number of hydrogen-bond acceptors (Lipinski definition) is 3. The van der Waals surface area contributed by atoms with E-state index in [1.807, 2.05) is 0 Å². The summed E-state index contributed by atoms with van der Waals surface area (Å²) in [5.41, 5.74) is 0. The molecule has 5 nitrogen and oxygen atoms in total. The Balaban J connectivity index is 3.12. The van der Waals surface area contributed by atoms with Gasteiger partial charge in [0.2, 0.25) is 17.9 Å². The largest absolute Gasteiger partial charge is 0.504 e. The number of halogens is 17. The van der Waals surface area contributed by atoms with Crippen LogP contribution in [0.5, 0.6) is 11.5 Å². The molecule has 1 amide bonds. The zero-order chi connectivity index (χ0) is 32.0. The lowest BCUT2D eigenvalue weighted by Crippen LogP contribution is -2.74. The van der Waals surface area contributed by atoms with Gasteiger partial charge in [0.1, 0.15) is 0 Å². The molecule has 0 aliphatic carbocycles. The Morgan fingerprint density at radius 3 is 1.52 bits per heavy atom. The SMILES string of the molecule is O=C(CCC(F)(F)C(F)(F)C(F)(F)C(F)(F)C(F)(F)C(F)(F)C(F)(F)C(F)(F)F)NCC[n+]1ccc(O)c(O)c1. The molecule has 232 valence electrons. The first-order chi connectivity index (χ1) is 17.5. The van der Waals surface area contributed by atoms with Gasteiger partial charge in [-0.1, -0.05) is 0 Å². The second-order valence-electron chi connectivity index (χ2n) is 7.95. The van der Waals surface area contributed by atoms with E-state index < -0.39 is 84.4 Å². The first kappa shape index (κ1) is 35.1. The van der Waals surface area contributed by atoms with Gasteiger partial charge in [0.05, 0.1) is 6.54 Å². The smallest absolute Gasteiger partial charge is 0.460 e. The molecule has 1 aromatic heterocycles. The predicted octanol–water partition coefficient (Wildman–Crippen LogP) is 5.29. The molecule has 0 aliphatic rings. The van der Waals surface area contributed by atoms with Crippen LogP contribution in [0.2, 0.25) is 0 Å². The van der Waals surface area contributed by atoms with Gasteiger partial charge in [-0.05, 0) is 0 Å². The summed E-state index contributed by atoms with van der Waals surface area (Å²) in [6, 6.07) is 0.930. The van der Waals surface area contributed by atoms with Crippen LogP contribution in [0, 0.1) is 0 Å². The maximum atomic E-state index is 13.8. The topological polar surface area (TPSA) is 73.4 Å². The van der Waals surface area contributed by atoms with Gasteiger partial charge < -0.3 is 15.5 Å². The van der Waals surface area contributed by atoms with Crippen molar-refractivity contribution in [2.75, 3.05) is 6.54 Å². The Morgan fingerprint density at radius 2 is 1.10 bits per heavy atom. The van der Waals surface area contributed by atoms with Crippen molar-refractivity contribution in [2.45, 2.75) is 67.0 Å². The number of amides is 1. The maximum Gasteiger partial charge on any atom is 0.460 e. The van der Waals surface area contributed by atoms with Crippen molar-refractivity contribution < 1.29 is 94.2 Å². The van der Waals surface area contributed by atoms with Crippen LogP contribution in [-0.4, -0.2) is 70.3 Å². The predicted molar refractivity (Wildman–Crippen MR) is 92.9 cm³/mol. The Labute approximate surface area is 210 Å². The molecule has 0 saturated carbocycles. The highest BCUT2D eigenvalue weighted by Crippen LogP contribution is 2.64. The molecule has 0 aliphatic heterocycles. The number of carbonyl (C=O) groups excluding carboxylic acids is 1. The number of aromatic nitrogens is 1. The number of rotatable bonds is 12. The molecule has 0 unspecified atom stereocenters. The molecule has 0 radical (unpaired) electrons. The lowest BCUT2D eigenvalue weighted by atomic mass is 9.88. The van der Waals surface area contributed by atoms with Crippen LogP contribution in [0.3, 0.4) is 0 Å². The number of aromatic hydroxyl groups is 2. The van der Waals surface area contributed by atoms with E-state index >= 15 is 0 Å². The van der Waals surface area contributed by atoms with Gasteiger partial charge in [-0.25, -0.2) is 0 Å². The van der Waals surface area contributed by atoms with Crippen molar-refractivity contribution in [3.05, 3.63) is 18.5 Å². The molecule has 1 heterocycles. The van der Waals surface area contributed by atoms with E-state index in [0.717, 1.165) is 23.0 Å². The fourth-order valence-electron chi connectivity index (χ4n) is 2.69. The molecule has 40 heavy (non-hydrogen) atoms. The first-order valence-corrected chi connectivity index (χ1v) is 9.92. The Hall–Kier alpha value is -2.97. The fourth-order valence-corrected chi connectivity index (χ4v) is 2.69. The average Bonchev–Trinajstić information content (AvgIpc) is 2.78. The standard InChI is InChI=1S/C18H13F17N2O3/c19-11(20,3-1-10(40)36-4-6-37-5-2-8(38)9(39)7-37)12(21,22)13(23,24)14(25,26)15(27,28)16(29,30)17(31,32)18(33,34)35/h2,5,7H,1,3-4,6H2,(H2,36,39,40)/p+1. The van der Waals surface area contributed by atoms with Gasteiger partial charge in [-0.3, -0.25) is 4.79 Å². The molecular weight excluding hydrogens is 615 g/mol. The first-order valence-electron chi connectivity index (χ1n) is 9.92. The van der Waals surface area contributed by atoms with E-state index in [1.165, 1.54) is 0 Å². The summed E-state index contributed by atoms with van der Waals surface area (Å²) in [5.74, 6) is -60.1. The van der Waals surface area contributed by atoms with Crippen molar-refractivity contribution in [3.63, 3.8) is 0 Å². The van der Waals surface area contributed by atoms with E-state index in [2.05, 4.69) is 0 Å². The Morgan fingerprint density at radius 1 is 0.675 bits per heavy atom. The Kier molecular flexibility index (Phi) is 9.16. The van der Waals surface area contributed by atoms with Crippen LogP contribution in [0.1, 0.15) is 12.8 Å². The third-order valence-corrected chi connectivity index (χ3v) is 5.12. The number of carbonyl (C=O) groups is 1. The highest BCUT2D eigenvalue weighted by atomic mass is 19.4. The highest BCUT2D eigenvalue weighted by Gasteiger charge is 2.95. The van der Waals surface area contributed by atoms with E-state index in [4.69, 9.17) is 5.11 Å². The molecule has 1 rings (SSSR count). The summed E-state index contributed by atoms with van der Waals surface area (Å²) in [4.78, 5) is 11.5. The molecule has 3 N–H and O–H groups in total. The van der Waals surface area contributed by atoms with E-state index in [-0.39, 0.29) is 6.54 Å². The molecule has 0 bridgehead atoms. The second-order valence-corrected chi connectivity index (χ2v) is 7.95. The molecule has 0 saturated heterocycles. The van der Waals surface area contributed by atoms with E-state index in [0.29, 0.717) is 0 Å². The van der Waals surface area contributed by atoms with Gasteiger partial charge in [0, 0.05) is 18.9 Å². The summed E-state index contributed by atoms with van der Waals surface area (Å²) in [6.45, 7) is -0.916. The monoisotopic (exact) mass is 629 g/mol. The van der Waals surface area contributed by atoms with Gasteiger partial charge >= 0.3 is 47.6 Å². The van der Waals surface area contributed by atoms with Crippen LogP contribution in [-0.2, 0) is 11.3 Å². The van der Waals surface area contributed by atoms with Crippen LogP contribution < -0.4 is 9.88 Å². The third kappa shape index (κ3) is 5.61. The van der Waals surface area contributed by atoms with E-state index in [9.17, 15) is 84.5 Å². The summed E-state index contributed by atoms with van der Waals surface area (Å²) >= 11 is 0. The fraction of sp³-hybridized carbons (Fsp3) is 0.667. The van der Waals surface area contributed by atoms with Crippen LogP contribution in [0.15, 0.2) is 18.5 Å². The zero-order valence-electron chi connectivity index (χ0n) is 18.7. The molecule has 0 spiro atoms. The van der Waals surface area contributed by atoms with Crippen LogP contribution in [0.25, 0.3) is 0 Å². The minimum atomic E-state index is -8.71. The van der Waals surface area contributed by atoms with Crippen LogP contribution in [0.4, 0.5) is 74.6 Å². The van der Waals surface area contributed by atoms with Gasteiger partial charge in [0.25, 0.3) is 0 Å². The number of alkyl halides is 17. The molecule has 0 atom stereocenters. The minimum Gasteiger partial charge on any atom is -0.504 e. The van der Waals surface area contributed by atoms with E-state index in [1.54, 1.807) is 5.32 Å². The quantitative estimate of drug-likeness (QED) is 0.218.